The lowest BCUT2D eigenvalue weighted by Gasteiger charge is -2.43. The lowest BCUT2D eigenvalue weighted by molar-refractivity contribution is -0.491. The number of aliphatic hydroxyl groups excluding tert-OH is 1. The molecule has 1 heterocycles. The van der Waals surface area contributed by atoms with Crippen molar-refractivity contribution in [1.29, 1.82) is 0 Å². The lowest BCUT2D eigenvalue weighted by atomic mass is 10.2. The summed E-state index contributed by atoms with van der Waals surface area (Å²) in [6.45, 7) is 4.15. The van der Waals surface area contributed by atoms with Gasteiger partial charge in [-0.3, -0.25) is 10.2 Å². The average Bonchev–Trinajstić information content (AvgIpc) is 2.19. The van der Waals surface area contributed by atoms with E-state index >= 15 is 0 Å². The van der Waals surface area contributed by atoms with Gasteiger partial charge in [-0.25, -0.2) is 14.4 Å². The number of rotatable bonds is 5. The van der Waals surface area contributed by atoms with Crippen LogP contribution in [0.1, 0.15) is 20.8 Å². The van der Waals surface area contributed by atoms with Crippen molar-refractivity contribution >= 4 is 12.1 Å². The molecule has 2 atom stereocenters. The van der Waals surface area contributed by atoms with Gasteiger partial charge in [0.05, 0.1) is 6.61 Å². The molecule has 0 aromatic heterocycles. The van der Waals surface area contributed by atoms with Gasteiger partial charge in [0.15, 0.2) is 12.8 Å². The maximum absolute atomic E-state index is 11.4. The molecule has 0 aliphatic carbocycles. The number of carboxylic acid groups (broad SMARTS) is 1. The van der Waals surface area contributed by atoms with E-state index in [2.05, 4.69) is 5.32 Å². The fourth-order valence-electron chi connectivity index (χ4n) is 1.26. The first kappa shape index (κ1) is 15.6. The molecule has 0 aromatic carbocycles. The number of aliphatic hydroxyl groups is 1. The lowest BCUT2D eigenvalue weighted by Crippen LogP contribution is -2.66. The van der Waals surface area contributed by atoms with E-state index in [-0.39, 0.29) is 6.61 Å². The number of hydroxylamine groups is 2. The highest BCUT2D eigenvalue weighted by atomic mass is 17.0. The summed E-state index contributed by atoms with van der Waals surface area (Å²) in [5, 5.41) is 20.7. The fourth-order valence-corrected chi connectivity index (χ4v) is 1.26. The molecule has 1 aliphatic rings. The van der Waals surface area contributed by atoms with Crippen molar-refractivity contribution in [3.8, 4) is 0 Å². The third-order valence-corrected chi connectivity index (χ3v) is 2.00. The predicted molar refractivity (Wildman–Crippen MR) is 60.5 cm³/mol. The Hall–Kier alpha value is -1.42. The zero-order valence-corrected chi connectivity index (χ0v) is 11.0. The van der Waals surface area contributed by atoms with Gasteiger partial charge < -0.3 is 14.9 Å². The molecule has 0 aromatic rings. The maximum atomic E-state index is 11.4. The van der Waals surface area contributed by atoms with E-state index in [0.29, 0.717) is 0 Å². The maximum Gasteiger partial charge on any atom is 0.409 e. The molecule has 0 radical (unpaired) electrons. The average molecular weight is 278 g/mol. The molecule has 3 N–H and O–H groups in total. The monoisotopic (exact) mass is 278 g/mol. The summed E-state index contributed by atoms with van der Waals surface area (Å²) in [6.07, 6.45) is -1.53. The van der Waals surface area contributed by atoms with E-state index in [1.165, 1.54) is 0 Å². The van der Waals surface area contributed by atoms with Crippen molar-refractivity contribution < 1.29 is 34.2 Å². The summed E-state index contributed by atoms with van der Waals surface area (Å²) in [5.74, 6) is -1.18. The van der Waals surface area contributed by atoms with Crippen LogP contribution in [0.4, 0.5) is 4.79 Å². The molecule has 0 bridgehead atoms. The first-order valence-corrected chi connectivity index (χ1v) is 5.64. The molecule has 9 heteroatoms. The quantitative estimate of drug-likeness (QED) is 0.614. The topological polar surface area (TPSA) is 118 Å². The molecule has 0 saturated carbocycles. The Morgan fingerprint density at radius 1 is 1.42 bits per heavy atom. The number of hydrogen-bond donors (Lipinski definition) is 3. The number of ether oxygens (including phenoxy) is 1. The summed E-state index contributed by atoms with van der Waals surface area (Å²) >= 11 is 0. The zero-order chi connectivity index (χ0) is 14.6. The molecule has 19 heavy (non-hydrogen) atoms. The smallest absolute Gasteiger partial charge is 0.409 e. The number of amides is 1. The first-order chi connectivity index (χ1) is 8.73. The fraction of sp³-hybridized carbons (Fsp3) is 0.800. The Kier molecular flexibility index (Phi) is 5.06. The van der Waals surface area contributed by atoms with Crippen LogP contribution in [0.5, 0.6) is 0 Å². The van der Waals surface area contributed by atoms with Crippen LogP contribution in [-0.2, 0) is 19.2 Å². The molecule has 1 saturated heterocycles. The molecule has 1 rings (SSSR count). The number of nitrogens with zero attached hydrogens (tertiary/aromatic N) is 1. The summed E-state index contributed by atoms with van der Waals surface area (Å²) in [6, 6.07) is -0.688. The molecular weight excluding hydrogens is 260 g/mol. The zero-order valence-electron chi connectivity index (χ0n) is 11.0. The highest BCUT2D eigenvalue weighted by Gasteiger charge is 2.44. The van der Waals surface area contributed by atoms with Gasteiger partial charge >= 0.3 is 12.1 Å². The largest absolute Gasteiger partial charge is 0.479 e. The number of aliphatic carboxylic acids is 1. The second kappa shape index (κ2) is 6.15. The van der Waals surface area contributed by atoms with Gasteiger partial charge in [-0.2, -0.15) is 0 Å². The molecule has 1 amide bonds. The van der Waals surface area contributed by atoms with E-state index in [1.807, 2.05) is 0 Å². The van der Waals surface area contributed by atoms with E-state index in [4.69, 9.17) is 24.6 Å². The van der Waals surface area contributed by atoms with Gasteiger partial charge in [0, 0.05) is 0 Å². The standard InChI is InChI=1S/C10H18N2O7/c1-10(2,3)18-9(16)11-8-6(4-13)12(19-8)17-5-7(14)15/h6,8,13H,4-5H2,1-3H3,(H,11,16)(H,14,15)/t6-,8+/m1/s1. The van der Waals surface area contributed by atoms with Crippen LogP contribution in [0.3, 0.4) is 0 Å². The number of alkyl carbamates (subject to hydrolysis) is 1. The van der Waals surface area contributed by atoms with Crippen molar-refractivity contribution in [2.75, 3.05) is 13.2 Å². The van der Waals surface area contributed by atoms with Crippen molar-refractivity contribution in [2.24, 2.45) is 0 Å². The Bertz CT molecular complexity index is 341. The van der Waals surface area contributed by atoms with Crippen molar-refractivity contribution in [2.45, 2.75) is 38.6 Å². The van der Waals surface area contributed by atoms with Gasteiger partial charge in [0.25, 0.3) is 0 Å². The Labute approximate surface area is 109 Å². The van der Waals surface area contributed by atoms with E-state index in [0.717, 1.165) is 5.23 Å². The minimum Gasteiger partial charge on any atom is -0.479 e. The van der Waals surface area contributed by atoms with Gasteiger partial charge in [0.1, 0.15) is 11.6 Å². The Morgan fingerprint density at radius 3 is 2.53 bits per heavy atom. The van der Waals surface area contributed by atoms with Crippen LogP contribution in [0.15, 0.2) is 0 Å². The molecular formula is C10H18N2O7. The third-order valence-electron chi connectivity index (χ3n) is 2.00. The SMILES string of the molecule is CC(C)(C)OC(=O)N[C@H]1ON(OCC(=O)O)[C@@H]1CO. The second-order valence-electron chi connectivity index (χ2n) is 4.87. The molecule has 0 spiro atoms. The third kappa shape index (κ3) is 4.99. The van der Waals surface area contributed by atoms with Crippen LogP contribution in [0, 0.1) is 0 Å². The van der Waals surface area contributed by atoms with Crippen molar-refractivity contribution in [3.63, 3.8) is 0 Å². The Balaban J connectivity index is 2.37. The molecule has 110 valence electrons. The van der Waals surface area contributed by atoms with Gasteiger partial charge in [-0.1, -0.05) is 5.23 Å². The minimum absolute atomic E-state index is 0.375. The van der Waals surface area contributed by atoms with E-state index in [1.54, 1.807) is 20.8 Å². The number of nitrogens with one attached hydrogen (secondary N) is 1. The summed E-state index contributed by atoms with van der Waals surface area (Å²) in [4.78, 5) is 31.4. The second-order valence-corrected chi connectivity index (χ2v) is 4.87. The highest BCUT2D eigenvalue weighted by molar-refractivity contribution is 5.68. The van der Waals surface area contributed by atoms with Gasteiger partial charge in [0.2, 0.25) is 0 Å². The van der Waals surface area contributed by atoms with Gasteiger partial charge in [-0.15, -0.1) is 0 Å². The molecule has 9 nitrogen and oxygen atoms in total. The molecule has 1 fully saturated rings. The Morgan fingerprint density at radius 2 is 2.05 bits per heavy atom. The van der Waals surface area contributed by atoms with E-state index < -0.39 is 36.5 Å². The van der Waals surface area contributed by atoms with Crippen molar-refractivity contribution in [3.05, 3.63) is 0 Å². The summed E-state index contributed by atoms with van der Waals surface area (Å²) < 4.78 is 5.01. The van der Waals surface area contributed by atoms with E-state index in [9.17, 15) is 9.59 Å². The van der Waals surface area contributed by atoms with Crippen LogP contribution >= 0.6 is 0 Å². The normalized spacial score (nSPS) is 23.6. The first-order valence-electron chi connectivity index (χ1n) is 5.64. The highest BCUT2D eigenvalue weighted by Crippen LogP contribution is 2.20. The predicted octanol–water partition coefficient (Wildman–Crippen LogP) is -0.538. The van der Waals surface area contributed by atoms with Crippen LogP contribution in [0.2, 0.25) is 0 Å². The number of carbonyl (C=O) groups is 2. The molecule has 1 aliphatic heterocycles. The van der Waals surface area contributed by atoms with Crippen LogP contribution < -0.4 is 5.32 Å². The van der Waals surface area contributed by atoms with Crippen molar-refractivity contribution in [1.82, 2.24) is 10.5 Å². The summed E-state index contributed by atoms with van der Waals surface area (Å²) in [7, 11) is 0. The summed E-state index contributed by atoms with van der Waals surface area (Å²) in [5.41, 5.74) is -0.651. The van der Waals surface area contributed by atoms with Crippen LogP contribution in [0.25, 0.3) is 0 Å². The number of carbonyl (C=O) groups excluding carboxylic acids is 1. The van der Waals surface area contributed by atoms with Gasteiger partial charge in [-0.05, 0) is 20.8 Å². The number of hydrogen-bond acceptors (Lipinski definition) is 7. The van der Waals surface area contributed by atoms with Crippen LogP contribution in [-0.4, -0.2) is 58.6 Å². The molecule has 0 unspecified atom stereocenters. The minimum atomic E-state index is -1.18. The number of carboxylic acids is 1.